The molecule has 2 aromatic rings. The van der Waals surface area contributed by atoms with Crippen molar-refractivity contribution >= 4 is 11.4 Å². The third-order valence-electron chi connectivity index (χ3n) is 4.23. The second-order valence-electron chi connectivity index (χ2n) is 6.01. The molecule has 1 heterocycles. The standard InChI is InChI=1S/C18H19FN2O4/c1-12-10-20(11-18(25-12)13-3-5-14(19)6-4-13)15-7-8-16(21(22)23)17(9-15)24-2/h3-9,12,18H,10-11H2,1-2H3. The fourth-order valence-electron chi connectivity index (χ4n) is 3.04. The molecule has 1 aliphatic heterocycles. The fourth-order valence-corrected chi connectivity index (χ4v) is 3.04. The van der Waals surface area contributed by atoms with Crippen LogP contribution in [0.15, 0.2) is 42.5 Å². The van der Waals surface area contributed by atoms with Crippen molar-refractivity contribution in [3.63, 3.8) is 0 Å². The molecule has 132 valence electrons. The molecule has 2 atom stereocenters. The zero-order valence-corrected chi connectivity index (χ0v) is 14.0. The largest absolute Gasteiger partial charge is 0.490 e. The smallest absolute Gasteiger partial charge is 0.311 e. The number of methoxy groups -OCH3 is 1. The topological polar surface area (TPSA) is 64.8 Å². The number of morpholine rings is 1. The van der Waals surface area contributed by atoms with E-state index in [4.69, 9.17) is 9.47 Å². The van der Waals surface area contributed by atoms with Crippen molar-refractivity contribution < 1.29 is 18.8 Å². The first kappa shape index (κ1) is 17.2. The summed E-state index contributed by atoms with van der Waals surface area (Å²) in [6.45, 7) is 3.18. The molecular formula is C18H19FN2O4. The van der Waals surface area contributed by atoms with E-state index < -0.39 is 4.92 Å². The highest BCUT2D eigenvalue weighted by Crippen LogP contribution is 2.34. The minimum atomic E-state index is -0.466. The van der Waals surface area contributed by atoms with Crippen LogP contribution in [-0.2, 0) is 4.74 Å². The van der Waals surface area contributed by atoms with Crippen LogP contribution in [0.25, 0.3) is 0 Å². The molecule has 3 rings (SSSR count). The van der Waals surface area contributed by atoms with Crippen LogP contribution in [0.3, 0.4) is 0 Å². The first-order valence-electron chi connectivity index (χ1n) is 7.96. The Morgan fingerprint density at radius 1 is 1.24 bits per heavy atom. The minimum Gasteiger partial charge on any atom is -0.490 e. The second-order valence-corrected chi connectivity index (χ2v) is 6.01. The Hall–Kier alpha value is -2.67. The number of nitro groups is 1. The number of anilines is 1. The fraction of sp³-hybridized carbons (Fsp3) is 0.333. The summed E-state index contributed by atoms with van der Waals surface area (Å²) in [6, 6.07) is 11.1. The van der Waals surface area contributed by atoms with E-state index in [-0.39, 0.29) is 29.5 Å². The molecule has 1 aliphatic rings. The van der Waals surface area contributed by atoms with Crippen molar-refractivity contribution in [3.8, 4) is 5.75 Å². The first-order chi connectivity index (χ1) is 12.0. The lowest BCUT2D eigenvalue weighted by molar-refractivity contribution is -0.385. The molecule has 1 saturated heterocycles. The number of hydrogen-bond acceptors (Lipinski definition) is 5. The summed E-state index contributed by atoms with van der Waals surface area (Å²) in [7, 11) is 1.41. The van der Waals surface area contributed by atoms with E-state index in [1.165, 1.54) is 25.3 Å². The van der Waals surface area contributed by atoms with E-state index in [9.17, 15) is 14.5 Å². The third kappa shape index (κ3) is 3.71. The summed E-state index contributed by atoms with van der Waals surface area (Å²) < 4.78 is 24.3. The second kappa shape index (κ2) is 7.06. The number of halogens is 1. The van der Waals surface area contributed by atoms with Crippen molar-refractivity contribution in [2.24, 2.45) is 0 Å². The molecule has 0 N–H and O–H groups in total. The Labute approximate surface area is 144 Å². The predicted molar refractivity (Wildman–Crippen MR) is 91.5 cm³/mol. The predicted octanol–water partition coefficient (Wildman–Crippen LogP) is 3.71. The maximum absolute atomic E-state index is 13.1. The number of nitro benzene ring substituents is 1. The molecule has 0 radical (unpaired) electrons. The summed E-state index contributed by atoms with van der Waals surface area (Å²) >= 11 is 0. The molecule has 2 aromatic carbocycles. The van der Waals surface area contributed by atoms with E-state index in [0.29, 0.717) is 13.1 Å². The van der Waals surface area contributed by atoms with E-state index in [2.05, 4.69) is 4.90 Å². The van der Waals surface area contributed by atoms with Gasteiger partial charge in [-0.2, -0.15) is 0 Å². The molecule has 0 saturated carbocycles. The number of hydrogen-bond donors (Lipinski definition) is 0. The molecule has 0 amide bonds. The van der Waals surface area contributed by atoms with Crippen LogP contribution >= 0.6 is 0 Å². The molecule has 1 fully saturated rings. The highest BCUT2D eigenvalue weighted by Gasteiger charge is 2.28. The van der Waals surface area contributed by atoms with Gasteiger partial charge in [0.05, 0.1) is 18.1 Å². The van der Waals surface area contributed by atoms with Gasteiger partial charge in [-0.15, -0.1) is 0 Å². The maximum Gasteiger partial charge on any atom is 0.311 e. The number of ether oxygens (including phenoxy) is 2. The Morgan fingerprint density at radius 3 is 2.60 bits per heavy atom. The molecule has 0 aromatic heterocycles. The average molecular weight is 346 g/mol. The lowest BCUT2D eigenvalue weighted by atomic mass is 10.1. The Morgan fingerprint density at radius 2 is 1.96 bits per heavy atom. The van der Waals surface area contributed by atoms with Gasteiger partial charge in [-0.1, -0.05) is 12.1 Å². The van der Waals surface area contributed by atoms with Gasteiger partial charge in [0.15, 0.2) is 5.75 Å². The van der Waals surface area contributed by atoms with Gasteiger partial charge in [-0.05, 0) is 30.7 Å². The van der Waals surface area contributed by atoms with Crippen molar-refractivity contribution in [2.75, 3.05) is 25.1 Å². The van der Waals surface area contributed by atoms with Crippen molar-refractivity contribution in [3.05, 3.63) is 64.0 Å². The first-order valence-corrected chi connectivity index (χ1v) is 7.96. The lowest BCUT2D eigenvalue weighted by Crippen LogP contribution is -2.42. The van der Waals surface area contributed by atoms with Crippen molar-refractivity contribution in [1.29, 1.82) is 0 Å². The van der Waals surface area contributed by atoms with Crippen molar-refractivity contribution in [2.45, 2.75) is 19.1 Å². The molecule has 2 unspecified atom stereocenters. The zero-order chi connectivity index (χ0) is 18.0. The maximum atomic E-state index is 13.1. The third-order valence-corrected chi connectivity index (χ3v) is 4.23. The van der Waals surface area contributed by atoms with Gasteiger partial charge in [0, 0.05) is 30.9 Å². The number of rotatable bonds is 4. The Balaban J connectivity index is 1.86. The zero-order valence-electron chi connectivity index (χ0n) is 14.0. The normalized spacial score (nSPS) is 20.4. The van der Waals surface area contributed by atoms with E-state index >= 15 is 0 Å². The van der Waals surface area contributed by atoms with E-state index in [1.54, 1.807) is 24.3 Å². The summed E-state index contributed by atoms with van der Waals surface area (Å²) in [4.78, 5) is 12.7. The number of nitrogens with zero attached hydrogens (tertiary/aromatic N) is 2. The summed E-state index contributed by atoms with van der Waals surface area (Å²) in [5.41, 5.74) is 1.65. The molecule has 7 heteroatoms. The Bertz CT molecular complexity index is 766. The lowest BCUT2D eigenvalue weighted by Gasteiger charge is -2.38. The monoisotopic (exact) mass is 346 g/mol. The molecule has 0 spiro atoms. The van der Waals surface area contributed by atoms with Gasteiger partial charge in [-0.25, -0.2) is 4.39 Å². The van der Waals surface area contributed by atoms with Crippen LogP contribution in [-0.4, -0.2) is 31.2 Å². The van der Waals surface area contributed by atoms with Gasteiger partial charge in [0.1, 0.15) is 11.9 Å². The van der Waals surface area contributed by atoms with Crippen LogP contribution in [0, 0.1) is 15.9 Å². The number of benzene rings is 2. The van der Waals surface area contributed by atoms with Crippen molar-refractivity contribution in [1.82, 2.24) is 0 Å². The van der Waals surface area contributed by atoms with Gasteiger partial charge < -0.3 is 14.4 Å². The average Bonchev–Trinajstić information content (AvgIpc) is 2.61. The van der Waals surface area contributed by atoms with Crippen LogP contribution < -0.4 is 9.64 Å². The van der Waals surface area contributed by atoms with Crippen LogP contribution in [0.4, 0.5) is 15.8 Å². The van der Waals surface area contributed by atoms with E-state index in [0.717, 1.165) is 11.3 Å². The van der Waals surface area contributed by atoms with Gasteiger partial charge in [0.25, 0.3) is 0 Å². The molecule has 6 nitrogen and oxygen atoms in total. The van der Waals surface area contributed by atoms with Crippen LogP contribution in [0.1, 0.15) is 18.6 Å². The quantitative estimate of drug-likeness (QED) is 0.624. The highest BCUT2D eigenvalue weighted by atomic mass is 19.1. The van der Waals surface area contributed by atoms with Gasteiger partial charge in [0.2, 0.25) is 0 Å². The molecule has 0 bridgehead atoms. The van der Waals surface area contributed by atoms with E-state index in [1.807, 2.05) is 6.92 Å². The highest BCUT2D eigenvalue weighted by molar-refractivity contribution is 5.59. The minimum absolute atomic E-state index is 0.0370. The summed E-state index contributed by atoms with van der Waals surface area (Å²) in [5, 5.41) is 11.0. The Kier molecular flexibility index (Phi) is 4.85. The van der Waals surface area contributed by atoms with Gasteiger partial charge >= 0.3 is 5.69 Å². The summed E-state index contributed by atoms with van der Waals surface area (Å²) in [6.07, 6.45) is -0.240. The molecule has 25 heavy (non-hydrogen) atoms. The van der Waals surface area contributed by atoms with Gasteiger partial charge in [-0.3, -0.25) is 10.1 Å². The SMILES string of the molecule is COc1cc(N2CC(C)OC(c3ccc(F)cc3)C2)ccc1[N+](=O)[O-]. The van der Waals surface area contributed by atoms with Crippen LogP contribution in [0.5, 0.6) is 5.75 Å². The molecule has 0 aliphatic carbocycles. The molecular weight excluding hydrogens is 327 g/mol. The van der Waals surface area contributed by atoms with Crippen LogP contribution in [0.2, 0.25) is 0 Å². The summed E-state index contributed by atoms with van der Waals surface area (Å²) in [5.74, 6) is -0.0652.